The predicted octanol–water partition coefficient (Wildman–Crippen LogP) is 2.33. The van der Waals surface area contributed by atoms with E-state index in [1.165, 1.54) is 12.7 Å². The van der Waals surface area contributed by atoms with E-state index < -0.39 is 0 Å². The van der Waals surface area contributed by atoms with Gasteiger partial charge in [-0.15, -0.1) is 0 Å². The Labute approximate surface area is 91.0 Å². The maximum Gasteiger partial charge on any atom is 0.287 e. The van der Waals surface area contributed by atoms with Gasteiger partial charge in [-0.2, -0.15) is 0 Å². The van der Waals surface area contributed by atoms with E-state index in [4.69, 9.17) is 4.42 Å². The molecular formula is C10H12BrNO2. The summed E-state index contributed by atoms with van der Waals surface area (Å²) < 4.78 is 5.03. The fourth-order valence-corrected chi connectivity index (χ4v) is 2.31. The highest BCUT2D eigenvalue weighted by Crippen LogP contribution is 2.33. The lowest BCUT2D eigenvalue weighted by Crippen LogP contribution is -2.54. The van der Waals surface area contributed by atoms with Crippen LogP contribution >= 0.6 is 15.9 Å². The number of hydrogen-bond acceptors (Lipinski definition) is 2. The molecule has 0 aliphatic heterocycles. The maximum absolute atomic E-state index is 11.6. The number of carbonyl (C=O) groups is 1. The number of furan rings is 1. The van der Waals surface area contributed by atoms with Crippen molar-refractivity contribution in [1.82, 2.24) is 5.32 Å². The van der Waals surface area contributed by atoms with Crippen LogP contribution in [0.4, 0.5) is 0 Å². The van der Waals surface area contributed by atoms with Gasteiger partial charge >= 0.3 is 0 Å². The summed E-state index contributed by atoms with van der Waals surface area (Å²) in [6.45, 7) is 0. The molecule has 76 valence electrons. The predicted molar refractivity (Wildman–Crippen MR) is 56.6 cm³/mol. The highest BCUT2D eigenvalue weighted by molar-refractivity contribution is 9.09. The number of nitrogens with one attached hydrogen (secondary N) is 1. The summed E-state index contributed by atoms with van der Waals surface area (Å²) in [5.74, 6) is 0.270. The van der Waals surface area contributed by atoms with E-state index in [1.807, 2.05) is 0 Å². The second-order valence-electron chi connectivity index (χ2n) is 3.70. The lowest BCUT2D eigenvalue weighted by Gasteiger charge is -2.40. The van der Waals surface area contributed by atoms with Gasteiger partial charge < -0.3 is 9.73 Å². The molecule has 3 nitrogen and oxygen atoms in total. The van der Waals surface area contributed by atoms with E-state index in [2.05, 4.69) is 21.2 Å². The first-order valence-corrected chi connectivity index (χ1v) is 5.80. The van der Waals surface area contributed by atoms with Gasteiger partial charge in [0.1, 0.15) is 0 Å². The molecule has 1 aliphatic rings. The minimum Gasteiger partial charge on any atom is -0.459 e. The smallest absolute Gasteiger partial charge is 0.287 e. The van der Waals surface area contributed by atoms with Crippen LogP contribution in [0.1, 0.15) is 29.8 Å². The van der Waals surface area contributed by atoms with Crippen molar-refractivity contribution in [3.8, 4) is 0 Å². The SMILES string of the molecule is O=C(NC1(CBr)CCC1)c1ccco1. The van der Waals surface area contributed by atoms with Crippen molar-refractivity contribution in [2.75, 3.05) is 5.33 Å². The van der Waals surface area contributed by atoms with Crippen molar-refractivity contribution in [2.45, 2.75) is 24.8 Å². The number of amides is 1. The second-order valence-corrected chi connectivity index (χ2v) is 4.26. The second kappa shape index (κ2) is 3.77. The van der Waals surface area contributed by atoms with Crippen LogP contribution in [0, 0.1) is 0 Å². The first-order chi connectivity index (χ1) is 6.76. The average molecular weight is 258 g/mol. The topological polar surface area (TPSA) is 42.2 Å². The van der Waals surface area contributed by atoms with E-state index >= 15 is 0 Å². The molecule has 1 aromatic rings. The minimum atomic E-state index is -0.117. The molecule has 0 unspecified atom stereocenters. The highest BCUT2D eigenvalue weighted by Gasteiger charge is 2.37. The summed E-state index contributed by atoms with van der Waals surface area (Å²) in [6.07, 6.45) is 4.79. The molecule has 4 heteroatoms. The number of hydrogen-bond donors (Lipinski definition) is 1. The fourth-order valence-electron chi connectivity index (χ4n) is 1.61. The van der Waals surface area contributed by atoms with E-state index in [0.29, 0.717) is 5.76 Å². The van der Waals surface area contributed by atoms with Gasteiger partial charge in [-0.3, -0.25) is 4.79 Å². The van der Waals surface area contributed by atoms with Crippen molar-refractivity contribution >= 4 is 21.8 Å². The van der Waals surface area contributed by atoms with Crippen LogP contribution in [0.15, 0.2) is 22.8 Å². The standard InChI is InChI=1S/C10H12BrNO2/c11-7-10(4-2-5-10)12-9(13)8-3-1-6-14-8/h1,3,6H,2,4-5,7H2,(H,12,13). The van der Waals surface area contributed by atoms with Gasteiger partial charge in [-0.05, 0) is 31.4 Å². The molecule has 1 saturated carbocycles. The molecule has 1 aromatic heterocycles. The van der Waals surface area contributed by atoms with E-state index in [-0.39, 0.29) is 11.4 Å². The molecule has 0 spiro atoms. The van der Waals surface area contributed by atoms with Gasteiger partial charge in [0.15, 0.2) is 5.76 Å². The molecule has 0 radical (unpaired) electrons. The quantitative estimate of drug-likeness (QED) is 0.845. The Morgan fingerprint density at radius 1 is 1.64 bits per heavy atom. The van der Waals surface area contributed by atoms with Crippen molar-refractivity contribution in [3.05, 3.63) is 24.2 Å². The Hall–Kier alpha value is -0.770. The molecule has 1 heterocycles. The van der Waals surface area contributed by atoms with Gasteiger partial charge in [-0.25, -0.2) is 0 Å². The van der Waals surface area contributed by atoms with Crippen LogP contribution in [-0.2, 0) is 0 Å². The summed E-state index contributed by atoms with van der Waals surface area (Å²) >= 11 is 3.43. The minimum absolute atomic E-state index is 0.0378. The lowest BCUT2D eigenvalue weighted by atomic mass is 9.78. The maximum atomic E-state index is 11.6. The summed E-state index contributed by atoms with van der Waals surface area (Å²) in [6, 6.07) is 3.40. The van der Waals surface area contributed by atoms with E-state index in [1.54, 1.807) is 12.1 Å². The van der Waals surface area contributed by atoms with Gasteiger partial charge in [0.2, 0.25) is 0 Å². The van der Waals surface area contributed by atoms with Crippen LogP contribution in [0.2, 0.25) is 0 Å². The van der Waals surface area contributed by atoms with Crippen LogP contribution in [0.5, 0.6) is 0 Å². The first kappa shape index (κ1) is 9.77. The third-order valence-corrected chi connectivity index (χ3v) is 3.76. The Balaban J connectivity index is 2.01. The van der Waals surface area contributed by atoms with Crippen LogP contribution in [-0.4, -0.2) is 16.8 Å². The Morgan fingerprint density at radius 2 is 2.43 bits per heavy atom. The zero-order valence-electron chi connectivity index (χ0n) is 7.75. The molecule has 14 heavy (non-hydrogen) atoms. The third-order valence-electron chi connectivity index (χ3n) is 2.69. The molecular weight excluding hydrogens is 246 g/mol. The van der Waals surface area contributed by atoms with E-state index in [9.17, 15) is 4.79 Å². The summed E-state index contributed by atoms with van der Waals surface area (Å²) in [5.41, 5.74) is -0.0378. The third kappa shape index (κ3) is 1.71. The molecule has 1 aliphatic carbocycles. The van der Waals surface area contributed by atoms with E-state index in [0.717, 1.165) is 18.2 Å². The number of halogens is 1. The molecule has 0 saturated heterocycles. The van der Waals surface area contributed by atoms with Crippen molar-refractivity contribution in [3.63, 3.8) is 0 Å². The zero-order valence-corrected chi connectivity index (χ0v) is 9.34. The molecule has 0 atom stereocenters. The highest BCUT2D eigenvalue weighted by atomic mass is 79.9. The van der Waals surface area contributed by atoms with Crippen molar-refractivity contribution < 1.29 is 9.21 Å². The van der Waals surface area contributed by atoms with Gasteiger partial charge in [0.25, 0.3) is 5.91 Å². The van der Waals surface area contributed by atoms with Crippen molar-refractivity contribution in [1.29, 1.82) is 0 Å². The summed E-state index contributed by atoms with van der Waals surface area (Å²) in [4.78, 5) is 11.6. The Kier molecular flexibility index (Phi) is 2.63. The average Bonchev–Trinajstić information content (AvgIpc) is 2.63. The molecule has 1 fully saturated rings. The first-order valence-electron chi connectivity index (χ1n) is 4.68. The fraction of sp³-hybridized carbons (Fsp3) is 0.500. The molecule has 1 N–H and O–H groups in total. The number of alkyl halides is 1. The Morgan fingerprint density at radius 3 is 2.86 bits per heavy atom. The van der Waals surface area contributed by atoms with Gasteiger partial charge in [0, 0.05) is 5.33 Å². The molecule has 0 aromatic carbocycles. The van der Waals surface area contributed by atoms with Gasteiger partial charge in [0.05, 0.1) is 11.8 Å². The normalized spacial score (nSPS) is 18.6. The number of rotatable bonds is 3. The van der Waals surface area contributed by atoms with Crippen molar-refractivity contribution in [2.24, 2.45) is 0 Å². The van der Waals surface area contributed by atoms with Crippen LogP contribution in [0.3, 0.4) is 0 Å². The number of carbonyl (C=O) groups excluding carboxylic acids is 1. The monoisotopic (exact) mass is 257 g/mol. The largest absolute Gasteiger partial charge is 0.459 e. The lowest BCUT2D eigenvalue weighted by molar-refractivity contribution is 0.0828. The van der Waals surface area contributed by atoms with Crippen LogP contribution < -0.4 is 5.32 Å². The summed E-state index contributed by atoms with van der Waals surface area (Å²) in [5, 5.41) is 3.81. The molecule has 2 rings (SSSR count). The zero-order chi connectivity index (χ0) is 10.0. The molecule has 1 amide bonds. The van der Waals surface area contributed by atoms with Crippen LogP contribution in [0.25, 0.3) is 0 Å². The molecule has 0 bridgehead atoms. The summed E-state index contributed by atoms with van der Waals surface area (Å²) in [7, 11) is 0. The van der Waals surface area contributed by atoms with Gasteiger partial charge in [-0.1, -0.05) is 15.9 Å². The Bertz CT molecular complexity index is 311.